The number of rotatable bonds is 2. The maximum Gasteiger partial charge on any atom is 0.449 e. The van der Waals surface area contributed by atoms with Gasteiger partial charge in [0.25, 0.3) is 0 Å². The van der Waals surface area contributed by atoms with Crippen LogP contribution in [0.15, 0.2) is 18.2 Å². The average Bonchev–Trinajstić information content (AvgIpc) is 2.95. The predicted molar refractivity (Wildman–Crippen MR) is 64.6 cm³/mol. The molecule has 1 heterocycles. The van der Waals surface area contributed by atoms with Gasteiger partial charge >= 0.3 is 12.1 Å². The van der Waals surface area contributed by atoms with Crippen LogP contribution in [0.1, 0.15) is 35.9 Å². The summed E-state index contributed by atoms with van der Waals surface area (Å²) in [5.74, 6) is -2.14. The smallest absolute Gasteiger partial charge is 0.449 e. The predicted octanol–water partition coefficient (Wildman–Crippen LogP) is 3.26. The summed E-state index contributed by atoms with van der Waals surface area (Å²) in [6.45, 7) is 1.72. The molecule has 1 aliphatic carbocycles. The second kappa shape index (κ2) is 3.74. The first-order valence-electron chi connectivity index (χ1n) is 6.06. The quantitative estimate of drug-likeness (QED) is 0.920. The molecule has 106 valence electrons. The number of hydrogen-bond donors (Lipinski definition) is 1. The van der Waals surface area contributed by atoms with Gasteiger partial charge in [-0.2, -0.15) is 13.2 Å². The standard InChI is InChI=1S/C13H11F3N2O2/c1-12(4-5-12)18-9-6-7(10(19)20)2-3-8(9)17-11(18)13(14,15)16/h2-3,6H,4-5H2,1H3,(H,19,20). The number of halogens is 3. The van der Waals surface area contributed by atoms with Gasteiger partial charge in [0.1, 0.15) is 0 Å². The highest BCUT2D eigenvalue weighted by atomic mass is 19.4. The van der Waals surface area contributed by atoms with Crippen molar-refractivity contribution in [3.63, 3.8) is 0 Å². The molecule has 3 rings (SSSR count). The second-order valence-electron chi connectivity index (χ2n) is 5.27. The molecule has 1 N–H and O–H groups in total. The maximum absolute atomic E-state index is 13.1. The highest BCUT2D eigenvalue weighted by Crippen LogP contribution is 2.48. The topological polar surface area (TPSA) is 55.1 Å². The van der Waals surface area contributed by atoms with Crippen LogP contribution >= 0.6 is 0 Å². The summed E-state index contributed by atoms with van der Waals surface area (Å²) >= 11 is 0. The molecule has 7 heteroatoms. The van der Waals surface area contributed by atoms with Crippen molar-refractivity contribution in [3.8, 4) is 0 Å². The number of aromatic nitrogens is 2. The van der Waals surface area contributed by atoms with Crippen molar-refractivity contribution in [2.24, 2.45) is 0 Å². The Bertz CT molecular complexity index is 714. The van der Waals surface area contributed by atoms with E-state index in [1.54, 1.807) is 6.92 Å². The molecule has 0 spiro atoms. The molecule has 1 aliphatic rings. The molecule has 0 amide bonds. The van der Waals surface area contributed by atoms with Crippen molar-refractivity contribution >= 4 is 17.0 Å². The third-order valence-corrected chi connectivity index (χ3v) is 3.67. The highest BCUT2D eigenvalue weighted by molar-refractivity contribution is 5.92. The van der Waals surface area contributed by atoms with E-state index in [0.717, 1.165) is 4.57 Å². The first kappa shape index (κ1) is 13.0. The SMILES string of the molecule is CC1(n2c(C(F)(F)F)nc3ccc(C(=O)O)cc32)CC1. The van der Waals surface area contributed by atoms with Gasteiger partial charge in [-0.05, 0) is 38.0 Å². The number of carboxylic acids is 1. The van der Waals surface area contributed by atoms with E-state index in [9.17, 15) is 18.0 Å². The van der Waals surface area contributed by atoms with Gasteiger partial charge in [0.15, 0.2) is 0 Å². The summed E-state index contributed by atoms with van der Waals surface area (Å²) in [6, 6.07) is 3.83. The van der Waals surface area contributed by atoms with Gasteiger partial charge in [0, 0.05) is 5.54 Å². The molecule has 1 fully saturated rings. The normalized spacial score (nSPS) is 17.4. The number of alkyl halides is 3. The molecule has 0 aliphatic heterocycles. The number of benzene rings is 1. The van der Waals surface area contributed by atoms with Crippen LogP contribution in [0.2, 0.25) is 0 Å². The number of imidazole rings is 1. The number of nitrogens with zero attached hydrogens (tertiary/aromatic N) is 2. The summed E-state index contributed by atoms with van der Waals surface area (Å²) in [6.07, 6.45) is -3.31. The van der Waals surface area contributed by atoms with Crippen molar-refractivity contribution < 1.29 is 23.1 Å². The summed E-state index contributed by atoms with van der Waals surface area (Å²) in [4.78, 5) is 14.6. The van der Waals surface area contributed by atoms with Gasteiger partial charge in [0.2, 0.25) is 5.82 Å². The monoisotopic (exact) mass is 284 g/mol. The third-order valence-electron chi connectivity index (χ3n) is 3.67. The zero-order chi connectivity index (χ0) is 14.7. The fraction of sp³-hybridized carbons (Fsp3) is 0.385. The largest absolute Gasteiger partial charge is 0.478 e. The van der Waals surface area contributed by atoms with Gasteiger partial charge in [-0.15, -0.1) is 0 Å². The molecular weight excluding hydrogens is 273 g/mol. The molecule has 20 heavy (non-hydrogen) atoms. The Morgan fingerprint density at radius 3 is 2.55 bits per heavy atom. The Labute approximate surface area is 111 Å². The van der Waals surface area contributed by atoms with Crippen LogP contribution in [0.3, 0.4) is 0 Å². The van der Waals surface area contributed by atoms with Crippen LogP contribution in [0.25, 0.3) is 11.0 Å². The summed E-state index contributed by atoms with van der Waals surface area (Å²) in [5, 5.41) is 8.97. The summed E-state index contributed by atoms with van der Waals surface area (Å²) in [7, 11) is 0. The van der Waals surface area contributed by atoms with Crippen molar-refractivity contribution in [2.45, 2.75) is 31.5 Å². The average molecular weight is 284 g/mol. The molecule has 0 radical (unpaired) electrons. The zero-order valence-corrected chi connectivity index (χ0v) is 10.5. The van der Waals surface area contributed by atoms with E-state index in [-0.39, 0.29) is 16.6 Å². The van der Waals surface area contributed by atoms with Crippen LogP contribution < -0.4 is 0 Å². The van der Waals surface area contributed by atoms with E-state index in [0.29, 0.717) is 12.8 Å². The van der Waals surface area contributed by atoms with Crippen LogP contribution in [0.4, 0.5) is 13.2 Å². The lowest BCUT2D eigenvalue weighted by atomic mass is 10.2. The Hall–Kier alpha value is -2.05. The van der Waals surface area contributed by atoms with Crippen molar-refractivity contribution in [2.75, 3.05) is 0 Å². The number of fused-ring (bicyclic) bond motifs is 1. The zero-order valence-electron chi connectivity index (χ0n) is 10.5. The van der Waals surface area contributed by atoms with Crippen molar-refractivity contribution in [1.82, 2.24) is 9.55 Å². The number of carbonyl (C=O) groups is 1. The van der Waals surface area contributed by atoms with Crippen LogP contribution in [-0.4, -0.2) is 20.6 Å². The Morgan fingerprint density at radius 2 is 2.05 bits per heavy atom. The number of hydrogen-bond acceptors (Lipinski definition) is 2. The van der Waals surface area contributed by atoms with Gasteiger partial charge < -0.3 is 9.67 Å². The fourth-order valence-corrected chi connectivity index (χ4v) is 2.35. The highest BCUT2D eigenvalue weighted by Gasteiger charge is 2.48. The lowest BCUT2D eigenvalue weighted by Gasteiger charge is -2.17. The minimum atomic E-state index is -4.56. The maximum atomic E-state index is 13.1. The molecule has 0 saturated heterocycles. The van der Waals surface area contributed by atoms with E-state index < -0.39 is 23.5 Å². The third kappa shape index (κ3) is 1.85. The van der Waals surface area contributed by atoms with Crippen LogP contribution in [0, 0.1) is 0 Å². The van der Waals surface area contributed by atoms with Crippen molar-refractivity contribution in [3.05, 3.63) is 29.6 Å². The molecule has 0 atom stereocenters. The Balaban J connectivity index is 2.33. The van der Waals surface area contributed by atoms with Crippen LogP contribution in [0.5, 0.6) is 0 Å². The molecule has 0 bridgehead atoms. The van der Waals surface area contributed by atoms with E-state index in [1.165, 1.54) is 18.2 Å². The van der Waals surface area contributed by atoms with E-state index in [2.05, 4.69) is 4.98 Å². The van der Waals surface area contributed by atoms with E-state index in [1.807, 2.05) is 0 Å². The fourth-order valence-electron chi connectivity index (χ4n) is 2.35. The molecule has 2 aromatic rings. The molecule has 4 nitrogen and oxygen atoms in total. The second-order valence-corrected chi connectivity index (χ2v) is 5.27. The molecule has 1 aromatic heterocycles. The lowest BCUT2D eigenvalue weighted by molar-refractivity contribution is -0.147. The van der Waals surface area contributed by atoms with E-state index in [4.69, 9.17) is 5.11 Å². The van der Waals surface area contributed by atoms with Crippen LogP contribution in [-0.2, 0) is 11.7 Å². The molecular formula is C13H11F3N2O2. The van der Waals surface area contributed by atoms with Gasteiger partial charge in [-0.3, -0.25) is 0 Å². The lowest BCUT2D eigenvalue weighted by Crippen LogP contribution is -2.22. The van der Waals surface area contributed by atoms with E-state index >= 15 is 0 Å². The first-order valence-corrected chi connectivity index (χ1v) is 6.06. The Morgan fingerprint density at radius 1 is 1.40 bits per heavy atom. The Kier molecular flexibility index (Phi) is 2.42. The summed E-state index contributed by atoms with van der Waals surface area (Å²) in [5.41, 5.74) is -0.291. The van der Waals surface area contributed by atoms with Crippen molar-refractivity contribution in [1.29, 1.82) is 0 Å². The number of carboxylic acid groups (broad SMARTS) is 1. The molecule has 0 unspecified atom stereocenters. The van der Waals surface area contributed by atoms with Gasteiger partial charge in [-0.1, -0.05) is 0 Å². The number of aromatic carboxylic acids is 1. The minimum Gasteiger partial charge on any atom is -0.478 e. The minimum absolute atomic E-state index is 0.0448. The van der Waals surface area contributed by atoms with Gasteiger partial charge in [-0.25, -0.2) is 9.78 Å². The molecule has 1 aromatic carbocycles. The summed E-state index contributed by atoms with van der Waals surface area (Å²) < 4.78 is 40.4. The molecule has 1 saturated carbocycles. The van der Waals surface area contributed by atoms with Gasteiger partial charge in [0.05, 0.1) is 16.6 Å². The first-order chi connectivity index (χ1) is 9.22.